The van der Waals surface area contributed by atoms with Gasteiger partial charge in [-0.15, -0.1) is 0 Å². The van der Waals surface area contributed by atoms with Gasteiger partial charge < -0.3 is 15.3 Å². The lowest BCUT2D eigenvalue weighted by atomic mass is 9.85. The van der Waals surface area contributed by atoms with Crippen LogP contribution >= 0.6 is 0 Å². The first kappa shape index (κ1) is 23.6. The first-order chi connectivity index (χ1) is 16.8. The zero-order chi connectivity index (χ0) is 24.7. The lowest BCUT2D eigenvalue weighted by Gasteiger charge is -2.36. The van der Waals surface area contributed by atoms with Crippen LogP contribution in [0.15, 0.2) is 29.3 Å². The normalized spacial score (nSPS) is 18.7. The topological polar surface area (TPSA) is 113 Å². The molecule has 3 aromatic heterocycles. The van der Waals surface area contributed by atoms with Crippen molar-refractivity contribution in [3.8, 4) is 0 Å². The Morgan fingerprint density at radius 2 is 1.86 bits per heavy atom. The van der Waals surface area contributed by atoms with Crippen LogP contribution in [0.2, 0.25) is 0 Å². The minimum atomic E-state index is -0.860. The van der Waals surface area contributed by atoms with Crippen molar-refractivity contribution in [1.82, 2.24) is 24.4 Å². The molecule has 0 unspecified atom stereocenters. The summed E-state index contributed by atoms with van der Waals surface area (Å²) in [4.78, 5) is 41.5. The van der Waals surface area contributed by atoms with Gasteiger partial charge in [-0.1, -0.05) is 18.9 Å². The summed E-state index contributed by atoms with van der Waals surface area (Å²) < 4.78 is 1.70. The number of carbonyl (C=O) groups excluding carboxylic acids is 1. The number of Topliss-reactive ketones (excluding diaryl/α,β-unsaturated/α-hetero) is 1. The van der Waals surface area contributed by atoms with E-state index in [1.807, 2.05) is 12.1 Å². The number of piperidine rings is 1. The molecule has 9 heteroatoms. The third-order valence-electron chi connectivity index (χ3n) is 7.61. The molecule has 5 rings (SSSR count). The van der Waals surface area contributed by atoms with Gasteiger partial charge in [0.2, 0.25) is 5.95 Å². The zero-order valence-electron chi connectivity index (χ0n) is 20.5. The van der Waals surface area contributed by atoms with E-state index in [1.165, 1.54) is 6.92 Å². The van der Waals surface area contributed by atoms with Gasteiger partial charge in [-0.2, -0.15) is 4.98 Å². The van der Waals surface area contributed by atoms with Gasteiger partial charge in [0, 0.05) is 42.5 Å². The Kier molecular flexibility index (Phi) is 6.14. The second kappa shape index (κ2) is 9.13. The Bertz CT molecular complexity index is 1320. The van der Waals surface area contributed by atoms with E-state index in [0.29, 0.717) is 41.2 Å². The van der Waals surface area contributed by atoms with E-state index in [1.54, 1.807) is 23.9 Å². The van der Waals surface area contributed by atoms with Crippen LogP contribution in [0.5, 0.6) is 0 Å². The van der Waals surface area contributed by atoms with Gasteiger partial charge in [0.1, 0.15) is 11.5 Å². The highest BCUT2D eigenvalue weighted by Crippen LogP contribution is 2.33. The Hall–Kier alpha value is -3.17. The van der Waals surface area contributed by atoms with Gasteiger partial charge in [0.05, 0.1) is 11.2 Å². The highest BCUT2D eigenvalue weighted by atomic mass is 16.3. The molecule has 1 saturated carbocycles. The van der Waals surface area contributed by atoms with Crippen molar-refractivity contribution in [2.45, 2.75) is 64.0 Å². The van der Waals surface area contributed by atoms with E-state index in [4.69, 9.17) is 4.98 Å². The van der Waals surface area contributed by atoms with Crippen molar-refractivity contribution in [2.75, 3.05) is 25.5 Å². The molecule has 3 aromatic rings. The Labute approximate surface area is 204 Å². The highest BCUT2D eigenvalue weighted by Gasteiger charge is 2.33. The molecule has 0 atom stereocenters. The van der Waals surface area contributed by atoms with Gasteiger partial charge in [-0.25, -0.2) is 9.97 Å². The standard InChI is InChI=1S/C26H32N6O3/c1-16-20-15-28-25(29-21-9-8-18(14-27-21)26(35)10-12-31(3)13-11-26)30-23(20)32(19-6-4-5-7-19)24(34)22(16)17(2)33/h8-9,14-15,19,35H,4-7,10-13H2,1-3H3,(H,27,28,29,30). The molecule has 9 nitrogen and oxygen atoms in total. The van der Waals surface area contributed by atoms with E-state index in [0.717, 1.165) is 44.3 Å². The van der Waals surface area contributed by atoms with Crippen LogP contribution in [-0.2, 0) is 5.60 Å². The van der Waals surface area contributed by atoms with Crippen LogP contribution in [0.4, 0.5) is 11.8 Å². The van der Waals surface area contributed by atoms with Crippen LogP contribution in [0.25, 0.3) is 11.0 Å². The smallest absolute Gasteiger partial charge is 0.263 e. The van der Waals surface area contributed by atoms with Crippen LogP contribution in [0, 0.1) is 6.92 Å². The summed E-state index contributed by atoms with van der Waals surface area (Å²) in [6.45, 7) is 4.90. The summed E-state index contributed by atoms with van der Waals surface area (Å²) in [6, 6.07) is 3.73. The number of rotatable bonds is 5. The number of pyridine rings is 2. The van der Waals surface area contributed by atoms with E-state index in [2.05, 4.69) is 27.2 Å². The third-order valence-corrected chi connectivity index (χ3v) is 7.61. The molecule has 2 fully saturated rings. The highest BCUT2D eigenvalue weighted by molar-refractivity contribution is 5.99. The molecule has 2 aliphatic rings. The summed E-state index contributed by atoms with van der Waals surface area (Å²) in [5, 5.41) is 14.9. The Balaban J connectivity index is 1.49. The fourth-order valence-electron chi connectivity index (χ4n) is 5.44. The number of anilines is 2. The summed E-state index contributed by atoms with van der Waals surface area (Å²) in [7, 11) is 2.06. The Morgan fingerprint density at radius 3 is 2.49 bits per heavy atom. The Morgan fingerprint density at radius 1 is 1.14 bits per heavy atom. The first-order valence-corrected chi connectivity index (χ1v) is 12.3. The maximum Gasteiger partial charge on any atom is 0.263 e. The molecule has 0 bridgehead atoms. The second-order valence-electron chi connectivity index (χ2n) is 9.99. The molecule has 2 N–H and O–H groups in total. The number of nitrogens with zero attached hydrogens (tertiary/aromatic N) is 5. The van der Waals surface area contributed by atoms with Crippen LogP contribution in [0.3, 0.4) is 0 Å². The first-order valence-electron chi connectivity index (χ1n) is 12.3. The molecule has 0 amide bonds. The SMILES string of the molecule is CC(=O)c1c(C)c2cnc(Nc3ccc(C4(O)CCN(C)CC4)cn3)nc2n(C2CCCC2)c1=O. The van der Waals surface area contributed by atoms with Crippen molar-refractivity contribution in [2.24, 2.45) is 0 Å². The van der Waals surface area contributed by atoms with E-state index >= 15 is 0 Å². The van der Waals surface area contributed by atoms with E-state index < -0.39 is 5.60 Å². The number of likely N-dealkylation sites (tertiary alicyclic amines) is 1. The summed E-state index contributed by atoms with van der Waals surface area (Å²) >= 11 is 0. The molecule has 4 heterocycles. The molecular formula is C26H32N6O3. The number of aliphatic hydroxyl groups is 1. The molecule has 1 aliphatic carbocycles. The summed E-state index contributed by atoms with van der Waals surface area (Å²) in [5.74, 6) is 0.646. The summed E-state index contributed by atoms with van der Waals surface area (Å²) in [5.41, 5.74) is 1.05. The number of carbonyl (C=O) groups is 1. The van der Waals surface area contributed by atoms with Gasteiger partial charge in [-0.05, 0) is 58.2 Å². The predicted octanol–water partition coefficient (Wildman–Crippen LogP) is 3.47. The average molecular weight is 477 g/mol. The van der Waals surface area contributed by atoms with E-state index in [9.17, 15) is 14.7 Å². The van der Waals surface area contributed by atoms with Gasteiger partial charge in [-0.3, -0.25) is 14.2 Å². The van der Waals surface area contributed by atoms with Crippen LogP contribution in [0.1, 0.15) is 73.0 Å². The fourth-order valence-corrected chi connectivity index (χ4v) is 5.44. The lowest BCUT2D eigenvalue weighted by Crippen LogP contribution is -2.40. The van der Waals surface area contributed by atoms with Crippen molar-refractivity contribution < 1.29 is 9.90 Å². The van der Waals surface area contributed by atoms with Crippen molar-refractivity contribution in [3.05, 3.63) is 51.6 Å². The fraction of sp³-hybridized carbons (Fsp3) is 0.500. The van der Waals surface area contributed by atoms with Crippen LogP contribution < -0.4 is 10.9 Å². The van der Waals surface area contributed by atoms with Crippen molar-refractivity contribution >= 4 is 28.6 Å². The number of ketones is 1. The molecule has 0 radical (unpaired) electrons. The lowest BCUT2D eigenvalue weighted by molar-refractivity contribution is -0.0205. The van der Waals surface area contributed by atoms with Gasteiger partial charge in [0.15, 0.2) is 5.78 Å². The zero-order valence-corrected chi connectivity index (χ0v) is 20.5. The number of aromatic nitrogens is 4. The number of fused-ring (bicyclic) bond motifs is 1. The monoisotopic (exact) mass is 476 g/mol. The predicted molar refractivity (Wildman–Crippen MR) is 134 cm³/mol. The van der Waals surface area contributed by atoms with Crippen LogP contribution in [-0.4, -0.2) is 55.4 Å². The largest absolute Gasteiger partial charge is 0.385 e. The molecular weight excluding hydrogens is 444 g/mol. The molecule has 1 aliphatic heterocycles. The number of aryl methyl sites for hydroxylation is 1. The molecule has 35 heavy (non-hydrogen) atoms. The third kappa shape index (κ3) is 4.34. The van der Waals surface area contributed by atoms with Crippen molar-refractivity contribution in [3.63, 3.8) is 0 Å². The average Bonchev–Trinajstić information content (AvgIpc) is 3.36. The quantitative estimate of drug-likeness (QED) is 0.538. The van der Waals surface area contributed by atoms with Crippen molar-refractivity contribution in [1.29, 1.82) is 0 Å². The molecule has 184 valence electrons. The molecule has 1 saturated heterocycles. The van der Waals surface area contributed by atoms with Gasteiger partial charge in [0.25, 0.3) is 5.56 Å². The molecule has 0 spiro atoms. The molecule has 0 aromatic carbocycles. The minimum Gasteiger partial charge on any atom is -0.385 e. The summed E-state index contributed by atoms with van der Waals surface area (Å²) in [6.07, 6.45) is 8.61. The number of hydrogen-bond donors (Lipinski definition) is 2. The van der Waals surface area contributed by atoms with Gasteiger partial charge >= 0.3 is 0 Å². The maximum atomic E-state index is 13.4. The number of hydrogen-bond acceptors (Lipinski definition) is 8. The number of nitrogens with one attached hydrogen (secondary N) is 1. The minimum absolute atomic E-state index is 0.0270. The second-order valence-corrected chi connectivity index (χ2v) is 9.99. The van der Waals surface area contributed by atoms with E-state index in [-0.39, 0.29) is 22.9 Å². The maximum absolute atomic E-state index is 13.4.